The third kappa shape index (κ3) is 4.28. The maximum atomic E-state index is 12.5. The number of fused-ring (bicyclic) bond motifs is 1. The molecule has 1 heterocycles. The third-order valence-electron chi connectivity index (χ3n) is 6.17. The zero-order chi connectivity index (χ0) is 21.1. The van der Waals surface area contributed by atoms with Gasteiger partial charge in [-0.1, -0.05) is 30.3 Å². The average Bonchev–Trinajstić information content (AvgIpc) is 2.79. The molecule has 3 aromatic rings. The second-order valence-electron chi connectivity index (χ2n) is 8.07. The van der Waals surface area contributed by atoms with Gasteiger partial charge in [-0.05, 0) is 62.4 Å². The SMILES string of the molecule is COC(=O)c1ccc2c(=O)[nH]c(CN(C)C3CCC(c4ccccc4)CC3)nc2c1. The van der Waals surface area contributed by atoms with Crippen molar-refractivity contribution in [2.24, 2.45) is 0 Å². The molecule has 6 nitrogen and oxygen atoms in total. The molecule has 1 aromatic heterocycles. The van der Waals surface area contributed by atoms with Crippen LogP contribution in [-0.2, 0) is 11.3 Å². The molecule has 0 spiro atoms. The van der Waals surface area contributed by atoms with Gasteiger partial charge in [0.2, 0.25) is 0 Å². The predicted octanol–water partition coefficient (Wildman–Crippen LogP) is 3.87. The zero-order valence-electron chi connectivity index (χ0n) is 17.4. The lowest BCUT2D eigenvalue weighted by Gasteiger charge is -2.34. The van der Waals surface area contributed by atoms with Crippen LogP contribution in [0.5, 0.6) is 0 Å². The van der Waals surface area contributed by atoms with E-state index in [-0.39, 0.29) is 5.56 Å². The van der Waals surface area contributed by atoms with Crippen molar-refractivity contribution in [3.8, 4) is 0 Å². The first-order valence-electron chi connectivity index (χ1n) is 10.4. The van der Waals surface area contributed by atoms with E-state index >= 15 is 0 Å². The Bertz CT molecular complexity index is 1090. The third-order valence-corrected chi connectivity index (χ3v) is 6.17. The summed E-state index contributed by atoms with van der Waals surface area (Å²) >= 11 is 0. The van der Waals surface area contributed by atoms with Gasteiger partial charge in [0.25, 0.3) is 5.56 Å². The van der Waals surface area contributed by atoms with Crippen LogP contribution < -0.4 is 5.56 Å². The molecule has 0 amide bonds. The van der Waals surface area contributed by atoms with Gasteiger partial charge < -0.3 is 9.72 Å². The van der Waals surface area contributed by atoms with E-state index < -0.39 is 5.97 Å². The summed E-state index contributed by atoms with van der Waals surface area (Å²) in [5.41, 5.74) is 2.15. The number of H-pyrrole nitrogens is 1. The molecule has 6 heteroatoms. The predicted molar refractivity (Wildman–Crippen MR) is 117 cm³/mol. The van der Waals surface area contributed by atoms with E-state index in [9.17, 15) is 9.59 Å². The fraction of sp³-hybridized carbons (Fsp3) is 0.375. The van der Waals surface area contributed by atoms with E-state index in [0.29, 0.717) is 40.8 Å². The van der Waals surface area contributed by atoms with Gasteiger partial charge in [-0.2, -0.15) is 0 Å². The van der Waals surface area contributed by atoms with Crippen molar-refractivity contribution < 1.29 is 9.53 Å². The second kappa shape index (κ2) is 8.79. The largest absolute Gasteiger partial charge is 0.465 e. The van der Waals surface area contributed by atoms with Crippen molar-refractivity contribution in [2.45, 2.75) is 44.2 Å². The Morgan fingerprint density at radius 1 is 1.13 bits per heavy atom. The molecular weight excluding hydrogens is 378 g/mol. The summed E-state index contributed by atoms with van der Waals surface area (Å²) in [6.45, 7) is 0.564. The van der Waals surface area contributed by atoms with Gasteiger partial charge in [0.1, 0.15) is 5.82 Å². The summed E-state index contributed by atoms with van der Waals surface area (Å²) in [6.07, 6.45) is 4.59. The molecule has 0 saturated heterocycles. The number of methoxy groups -OCH3 is 1. The van der Waals surface area contributed by atoms with Gasteiger partial charge in [-0.3, -0.25) is 9.69 Å². The number of esters is 1. The molecule has 1 fully saturated rings. The first-order chi connectivity index (χ1) is 14.5. The van der Waals surface area contributed by atoms with Crippen molar-refractivity contribution in [1.82, 2.24) is 14.9 Å². The number of ether oxygens (including phenoxy) is 1. The van der Waals surface area contributed by atoms with Crippen molar-refractivity contribution in [1.29, 1.82) is 0 Å². The van der Waals surface area contributed by atoms with Crippen LogP contribution in [0.3, 0.4) is 0 Å². The number of hydrogen-bond acceptors (Lipinski definition) is 5. The maximum absolute atomic E-state index is 12.5. The molecule has 4 rings (SSSR count). The summed E-state index contributed by atoms with van der Waals surface area (Å²) in [6, 6.07) is 16.0. The van der Waals surface area contributed by atoms with Crippen LogP contribution in [0.25, 0.3) is 10.9 Å². The molecule has 1 saturated carbocycles. The number of carbonyl (C=O) groups is 1. The maximum Gasteiger partial charge on any atom is 0.337 e. The number of benzene rings is 2. The Morgan fingerprint density at radius 2 is 1.87 bits per heavy atom. The van der Waals surface area contributed by atoms with Crippen LogP contribution in [0.2, 0.25) is 0 Å². The molecule has 156 valence electrons. The van der Waals surface area contributed by atoms with E-state index in [1.165, 1.54) is 25.5 Å². The summed E-state index contributed by atoms with van der Waals surface area (Å²) in [5.74, 6) is 0.807. The molecule has 2 aromatic carbocycles. The Morgan fingerprint density at radius 3 is 2.57 bits per heavy atom. The Labute approximate surface area is 175 Å². The molecule has 0 bridgehead atoms. The van der Waals surface area contributed by atoms with Crippen LogP contribution in [0.15, 0.2) is 53.3 Å². The molecule has 0 atom stereocenters. The van der Waals surface area contributed by atoms with Crippen molar-refractivity contribution in [3.63, 3.8) is 0 Å². The molecule has 1 aliphatic rings. The fourth-order valence-electron chi connectivity index (χ4n) is 4.45. The minimum atomic E-state index is -0.437. The molecule has 1 aliphatic carbocycles. The lowest BCUT2D eigenvalue weighted by molar-refractivity contribution is 0.0601. The lowest BCUT2D eigenvalue weighted by Crippen LogP contribution is -2.35. The van der Waals surface area contributed by atoms with Gasteiger partial charge in [0.15, 0.2) is 0 Å². The first kappa shape index (κ1) is 20.3. The van der Waals surface area contributed by atoms with Gasteiger partial charge in [0.05, 0.1) is 30.1 Å². The van der Waals surface area contributed by atoms with E-state index in [1.54, 1.807) is 18.2 Å². The Balaban J connectivity index is 1.46. The minimum absolute atomic E-state index is 0.187. The molecule has 0 radical (unpaired) electrons. The fourth-order valence-corrected chi connectivity index (χ4v) is 4.45. The summed E-state index contributed by atoms with van der Waals surface area (Å²) < 4.78 is 4.77. The number of carbonyl (C=O) groups excluding carboxylic acids is 1. The zero-order valence-corrected chi connectivity index (χ0v) is 17.4. The quantitative estimate of drug-likeness (QED) is 0.652. The molecule has 30 heavy (non-hydrogen) atoms. The second-order valence-corrected chi connectivity index (χ2v) is 8.07. The monoisotopic (exact) mass is 405 g/mol. The summed E-state index contributed by atoms with van der Waals surface area (Å²) in [4.78, 5) is 34.0. The Hall–Kier alpha value is -2.99. The number of aromatic nitrogens is 2. The van der Waals surface area contributed by atoms with Crippen LogP contribution in [0.1, 0.15) is 53.3 Å². The van der Waals surface area contributed by atoms with Gasteiger partial charge in [0, 0.05) is 6.04 Å². The van der Waals surface area contributed by atoms with Crippen molar-refractivity contribution in [3.05, 3.63) is 75.8 Å². The number of aromatic amines is 1. The van der Waals surface area contributed by atoms with E-state index in [0.717, 1.165) is 12.8 Å². The van der Waals surface area contributed by atoms with Gasteiger partial charge in [-0.15, -0.1) is 0 Å². The van der Waals surface area contributed by atoms with Crippen molar-refractivity contribution in [2.75, 3.05) is 14.2 Å². The highest BCUT2D eigenvalue weighted by atomic mass is 16.5. The highest BCUT2D eigenvalue weighted by molar-refractivity contribution is 5.93. The standard InChI is InChI=1S/C24H27N3O3/c1-27(19-11-8-17(9-12-19)16-6-4-3-5-7-16)15-22-25-21-14-18(24(29)30-2)10-13-20(21)23(28)26-22/h3-7,10,13-14,17,19H,8-9,11-12,15H2,1-2H3,(H,25,26,28). The van der Waals surface area contributed by atoms with Crippen molar-refractivity contribution >= 4 is 16.9 Å². The van der Waals surface area contributed by atoms with Crippen LogP contribution in [0.4, 0.5) is 0 Å². The van der Waals surface area contributed by atoms with Crippen LogP contribution >= 0.6 is 0 Å². The van der Waals surface area contributed by atoms with E-state index in [4.69, 9.17) is 4.74 Å². The smallest absolute Gasteiger partial charge is 0.337 e. The minimum Gasteiger partial charge on any atom is -0.465 e. The Kier molecular flexibility index (Phi) is 5.95. The number of nitrogens with one attached hydrogen (secondary N) is 1. The van der Waals surface area contributed by atoms with E-state index in [2.05, 4.69) is 52.2 Å². The van der Waals surface area contributed by atoms with Crippen LogP contribution in [-0.4, -0.2) is 41.0 Å². The number of nitrogens with zero attached hydrogens (tertiary/aromatic N) is 2. The first-order valence-corrected chi connectivity index (χ1v) is 10.4. The van der Waals surface area contributed by atoms with Gasteiger partial charge in [-0.25, -0.2) is 9.78 Å². The molecule has 1 N–H and O–H groups in total. The van der Waals surface area contributed by atoms with Gasteiger partial charge >= 0.3 is 5.97 Å². The number of hydrogen-bond donors (Lipinski definition) is 1. The normalized spacial score (nSPS) is 19.2. The lowest BCUT2D eigenvalue weighted by atomic mass is 9.81. The number of rotatable bonds is 5. The molecule has 0 unspecified atom stereocenters. The summed E-state index contributed by atoms with van der Waals surface area (Å²) in [7, 11) is 3.42. The summed E-state index contributed by atoms with van der Waals surface area (Å²) in [5, 5.41) is 0.470. The molecule has 0 aliphatic heterocycles. The highest BCUT2D eigenvalue weighted by Gasteiger charge is 2.25. The van der Waals surface area contributed by atoms with E-state index in [1.807, 2.05) is 0 Å². The molecular formula is C24H27N3O3. The van der Waals surface area contributed by atoms with Crippen LogP contribution in [0, 0.1) is 0 Å². The average molecular weight is 405 g/mol. The highest BCUT2D eigenvalue weighted by Crippen LogP contribution is 2.34. The topological polar surface area (TPSA) is 75.3 Å².